The van der Waals surface area contributed by atoms with Crippen LogP contribution in [0, 0.1) is 13.8 Å². The summed E-state index contributed by atoms with van der Waals surface area (Å²) in [4.78, 5) is 8.19. The predicted octanol–water partition coefficient (Wildman–Crippen LogP) is 11.1. The lowest BCUT2D eigenvalue weighted by molar-refractivity contribution is 0.589. The van der Waals surface area contributed by atoms with Crippen molar-refractivity contribution in [3.05, 3.63) is 118 Å². The summed E-state index contributed by atoms with van der Waals surface area (Å²) < 4.78 is 2.54. The van der Waals surface area contributed by atoms with Crippen LogP contribution in [0.5, 0.6) is 0 Å². The molecule has 0 atom stereocenters. The molecule has 5 aromatic carbocycles. The van der Waals surface area contributed by atoms with E-state index in [0.717, 1.165) is 11.3 Å². The Morgan fingerprint density at radius 1 is 0.509 bits per heavy atom. The zero-order chi connectivity index (χ0) is 38.2. The first kappa shape index (κ1) is 35.5. The van der Waals surface area contributed by atoms with Crippen molar-refractivity contribution in [2.75, 3.05) is 4.90 Å². The van der Waals surface area contributed by atoms with E-state index in [1.54, 1.807) is 0 Å². The molecule has 53 heavy (non-hydrogen) atoms. The topological polar surface area (TPSA) is 21.1 Å². The van der Waals surface area contributed by atoms with Crippen LogP contribution in [0.3, 0.4) is 0 Å². The molecule has 6 aromatic rings. The molecule has 1 aromatic heterocycles. The first-order valence-corrected chi connectivity index (χ1v) is 19.5. The van der Waals surface area contributed by atoms with Crippen molar-refractivity contribution in [3.8, 4) is 17.1 Å². The van der Waals surface area contributed by atoms with Gasteiger partial charge in [-0.2, -0.15) is 0 Å². The molecule has 0 spiro atoms. The summed E-state index contributed by atoms with van der Waals surface area (Å²) in [7, 11) is 0. The molecule has 0 amide bonds. The van der Waals surface area contributed by atoms with Crippen molar-refractivity contribution in [2.45, 2.75) is 119 Å². The maximum Gasteiger partial charge on any atom is 0.252 e. The van der Waals surface area contributed by atoms with Gasteiger partial charge in [0.25, 0.3) is 6.71 Å². The van der Waals surface area contributed by atoms with Gasteiger partial charge in [-0.05, 0) is 122 Å². The molecule has 2 aliphatic heterocycles. The van der Waals surface area contributed by atoms with Gasteiger partial charge >= 0.3 is 0 Å². The number of aromatic nitrogens is 2. The minimum Gasteiger partial charge on any atom is -0.311 e. The average molecular weight is 698 g/mol. The molecule has 0 fully saturated rings. The average Bonchev–Trinajstić information content (AvgIpc) is 3.43. The van der Waals surface area contributed by atoms with Gasteiger partial charge in [0.1, 0.15) is 5.82 Å². The second-order valence-electron chi connectivity index (χ2n) is 20.0. The summed E-state index contributed by atoms with van der Waals surface area (Å²) >= 11 is 0. The van der Waals surface area contributed by atoms with Crippen molar-refractivity contribution in [2.24, 2.45) is 0 Å². The van der Waals surface area contributed by atoms with Gasteiger partial charge < -0.3 is 4.90 Å². The number of hydrogen-bond donors (Lipinski definition) is 0. The maximum absolute atomic E-state index is 5.63. The van der Waals surface area contributed by atoms with E-state index in [1.807, 2.05) is 0 Å². The smallest absolute Gasteiger partial charge is 0.252 e. The third-order valence-corrected chi connectivity index (χ3v) is 11.9. The monoisotopic (exact) mass is 697 g/mol. The Kier molecular flexibility index (Phi) is 7.67. The van der Waals surface area contributed by atoms with Crippen LogP contribution >= 0.6 is 0 Å². The number of aryl methyl sites for hydroxylation is 2. The van der Waals surface area contributed by atoms with Gasteiger partial charge in [-0.3, -0.25) is 4.57 Å². The second-order valence-corrected chi connectivity index (χ2v) is 20.0. The largest absolute Gasteiger partial charge is 0.311 e. The first-order valence-electron chi connectivity index (χ1n) is 19.5. The summed E-state index contributed by atoms with van der Waals surface area (Å²) in [5.41, 5.74) is 20.4. The summed E-state index contributed by atoms with van der Waals surface area (Å²) in [5.74, 6) is 1.03. The number of rotatable bonds is 2. The third-order valence-electron chi connectivity index (χ3n) is 11.9. The van der Waals surface area contributed by atoms with E-state index in [4.69, 9.17) is 4.98 Å². The van der Waals surface area contributed by atoms with Crippen LogP contribution in [0.1, 0.15) is 116 Å². The van der Waals surface area contributed by atoms with Gasteiger partial charge in [0.2, 0.25) is 0 Å². The Hall–Kier alpha value is -4.57. The van der Waals surface area contributed by atoms with Gasteiger partial charge in [-0.15, -0.1) is 0 Å². The zero-order valence-corrected chi connectivity index (χ0v) is 34.5. The van der Waals surface area contributed by atoms with Crippen molar-refractivity contribution in [1.29, 1.82) is 0 Å². The van der Waals surface area contributed by atoms with Gasteiger partial charge in [-0.1, -0.05) is 132 Å². The number of anilines is 3. The van der Waals surface area contributed by atoms with Crippen molar-refractivity contribution >= 4 is 51.2 Å². The predicted molar refractivity (Wildman–Crippen MR) is 230 cm³/mol. The number of nitrogens with zero attached hydrogens (tertiary/aromatic N) is 3. The van der Waals surface area contributed by atoms with E-state index in [-0.39, 0.29) is 28.4 Å². The Balaban J connectivity index is 1.57. The highest BCUT2D eigenvalue weighted by molar-refractivity contribution is 7.00. The fourth-order valence-electron chi connectivity index (χ4n) is 8.64. The molecule has 0 bridgehead atoms. The molecule has 0 N–H and O–H groups in total. The van der Waals surface area contributed by atoms with Crippen LogP contribution in [0.4, 0.5) is 17.1 Å². The van der Waals surface area contributed by atoms with Crippen LogP contribution < -0.4 is 21.3 Å². The third kappa shape index (κ3) is 5.58. The fraction of sp³-hybridized carbons (Fsp3) is 0.367. The highest BCUT2D eigenvalue weighted by Gasteiger charge is 2.44. The number of imidazole rings is 1. The lowest BCUT2D eigenvalue weighted by atomic mass is 9.33. The van der Waals surface area contributed by atoms with Gasteiger partial charge in [0.15, 0.2) is 0 Å². The Bertz CT molecular complexity index is 2430. The van der Waals surface area contributed by atoms with Gasteiger partial charge in [-0.25, -0.2) is 4.98 Å². The minimum atomic E-state index is -0.0754. The maximum atomic E-state index is 5.63. The van der Waals surface area contributed by atoms with E-state index >= 15 is 0 Å². The van der Waals surface area contributed by atoms with Crippen molar-refractivity contribution in [3.63, 3.8) is 0 Å². The van der Waals surface area contributed by atoms with Crippen molar-refractivity contribution < 1.29 is 0 Å². The van der Waals surface area contributed by atoms with E-state index < -0.39 is 0 Å². The minimum absolute atomic E-state index is 0.00195. The number of benzene rings is 5. The standard InChI is InChI=1S/C49H56BN3/c1-29-16-15-17-30(2)42(29)45-51-38-26-33(48(9,10)11)25-37-44(38)53(45)41-28-34(49(12,13)14)27-40-43(41)50(37)36-24-32(47(6,7)8)20-23-39(36)52(40)35-21-18-31(19-22-35)46(3,4)5/h15-28H,1-14H3. The Morgan fingerprint density at radius 2 is 1.04 bits per heavy atom. The number of fused-ring (bicyclic) bond motifs is 4. The highest BCUT2D eigenvalue weighted by Crippen LogP contribution is 2.45. The van der Waals surface area contributed by atoms with Crippen LogP contribution in [0.15, 0.2) is 84.9 Å². The molecule has 8 rings (SSSR count). The van der Waals surface area contributed by atoms with Gasteiger partial charge in [0, 0.05) is 28.3 Å². The molecule has 0 unspecified atom stereocenters. The van der Waals surface area contributed by atoms with E-state index in [1.165, 1.54) is 83.6 Å². The Labute approximate surface area is 318 Å². The molecule has 0 aliphatic carbocycles. The lowest BCUT2D eigenvalue weighted by Crippen LogP contribution is -2.61. The van der Waals surface area contributed by atoms with Crippen LogP contribution in [-0.4, -0.2) is 16.3 Å². The van der Waals surface area contributed by atoms with Crippen molar-refractivity contribution in [1.82, 2.24) is 9.55 Å². The molecule has 3 nitrogen and oxygen atoms in total. The zero-order valence-electron chi connectivity index (χ0n) is 34.5. The van der Waals surface area contributed by atoms with Crippen LogP contribution in [0.25, 0.3) is 28.1 Å². The normalized spacial score (nSPS) is 14.2. The molecule has 0 saturated heterocycles. The van der Waals surface area contributed by atoms with Crippen LogP contribution in [0.2, 0.25) is 0 Å². The van der Waals surface area contributed by atoms with E-state index in [9.17, 15) is 0 Å². The SMILES string of the molecule is Cc1cccc(C)c1-c1nc2cc(C(C)(C)C)cc3c2n1-c1cc(C(C)(C)C)cc2c1B3c1cc(C(C)(C)C)ccc1N2c1ccc(C(C)(C)C)cc1. The molecule has 0 radical (unpaired) electrons. The molecule has 0 saturated carbocycles. The van der Waals surface area contributed by atoms with Crippen LogP contribution in [-0.2, 0) is 21.7 Å². The van der Waals surface area contributed by atoms with E-state index in [2.05, 4.69) is 191 Å². The van der Waals surface area contributed by atoms with Gasteiger partial charge in [0.05, 0.1) is 11.0 Å². The second kappa shape index (κ2) is 11.5. The fourth-order valence-corrected chi connectivity index (χ4v) is 8.64. The highest BCUT2D eigenvalue weighted by atomic mass is 15.2. The van der Waals surface area contributed by atoms with E-state index in [0.29, 0.717) is 0 Å². The molecular formula is C49H56BN3. The summed E-state index contributed by atoms with van der Waals surface area (Å²) in [6.45, 7) is 32.4. The molecule has 270 valence electrons. The Morgan fingerprint density at radius 3 is 1.62 bits per heavy atom. The quantitative estimate of drug-likeness (QED) is 0.168. The summed E-state index contributed by atoms with van der Waals surface area (Å²) in [6.07, 6.45) is 0. The molecule has 2 aliphatic rings. The number of hydrogen-bond acceptors (Lipinski definition) is 2. The lowest BCUT2D eigenvalue weighted by Gasteiger charge is -2.42. The molecule has 4 heteroatoms. The summed E-state index contributed by atoms with van der Waals surface area (Å²) in [6, 6.07) is 33.1. The molecular weight excluding hydrogens is 641 g/mol. The first-order chi connectivity index (χ1) is 24.6. The molecule has 3 heterocycles. The summed E-state index contributed by atoms with van der Waals surface area (Å²) in [5, 5.41) is 0.